The number of hydrogen-bond donors (Lipinski definition) is 1. The molecule has 0 amide bonds. The molecule has 1 aromatic heterocycles. The maximum Gasteiger partial charge on any atom is 0.279 e. The second-order valence-corrected chi connectivity index (χ2v) is 7.20. The first kappa shape index (κ1) is 19.0. The van der Waals surface area contributed by atoms with Gasteiger partial charge in [0.25, 0.3) is 5.56 Å². The zero-order valence-corrected chi connectivity index (χ0v) is 16.7. The van der Waals surface area contributed by atoms with Crippen molar-refractivity contribution in [3.05, 3.63) is 102 Å². The highest BCUT2D eigenvalue weighted by molar-refractivity contribution is 6.31. The highest BCUT2D eigenvalue weighted by Gasteiger charge is 2.29. The smallest absolute Gasteiger partial charge is 0.279 e. The lowest BCUT2D eigenvalue weighted by atomic mass is 9.98. The fourth-order valence-corrected chi connectivity index (χ4v) is 3.68. The van der Waals surface area contributed by atoms with Crippen molar-refractivity contribution in [3.63, 3.8) is 0 Å². The van der Waals surface area contributed by atoms with Crippen LogP contribution in [0, 0.1) is 6.92 Å². The van der Waals surface area contributed by atoms with Crippen LogP contribution in [-0.2, 0) is 13.6 Å². The molecule has 0 aliphatic rings. The van der Waals surface area contributed by atoms with Gasteiger partial charge >= 0.3 is 0 Å². The van der Waals surface area contributed by atoms with Crippen LogP contribution in [0.1, 0.15) is 11.3 Å². The number of hydrogen-bond acceptors (Lipinski definition) is 4. The summed E-state index contributed by atoms with van der Waals surface area (Å²) in [7, 11) is 1.75. The SMILES string of the molecule is Cc1c(-c2c(NCc3ccccc3Cl)c(=O)c2=O)c(=O)n(-c2ccccc2)n1C. The molecule has 146 valence electrons. The minimum atomic E-state index is -0.655. The van der Waals surface area contributed by atoms with Crippen molar-refractivity contribution in [2.24, 2.45) is 7.05 Å². The van der Waals surface area contributed by atoms with Crippen LogP contribution in [0.25, 0.3) is 16.8 Å². The van der Waals surface area contributed by atoms with Crippen LogP contribution in [0.3, 0.4) is 0 Å². The number of benzene rings is 2. The molecule has 0 saturated carbocycles. The fourth-order valence-electron chi connectivity index (χ4n) is 3.48. The van der Waals surface area contributed by atoms with Gasteiger partial charge in [-0.25, -0.2) is 4.68 Å². The van der Waals surface area contributed by atoms with Gasteiger partial charge in [-0.2, -0.15) is 0 Å². The van der Waals surface area contributed by atoms with Gasteiger partial charge in [-0.1, -0.05) is 48.0 Å². The number of anilines is 1. The Kier molecular flexibility index (Phi) is 4.72. The van der Waals surface area contributed by atoms with Crippen molar-refractivity contribution in [1.29, 1.82) is 0 Å². The number of nitrogens with zero attached hydrogens (tertiary/aromatic N) is 2. The lowest BCUT2D eigenvalue weighted by molar-refractivity contribution is 0.630. The monoisotopic (exact) mass is 407 g/mol. The van der Waals surface area contributed by atoms with Crippen LogP contribution in [0.5, 0.6) is 0 Å². The van der Waals surface area contributed by atoms with E-state index < -0.39 is 10.9 Å². The van der Waals surface area contributed by atoms with E-state index in [1.165, 1.54) is 4.68 Å². The summed E-state index contributed by atoms with van der Waals surface area (Å²) in [6.45, 7) is 2.03. The molecule has 0 atom stereocenters. The summed E-state index contributed by atoms with van der Waals surface area (Å²) >= 11 is 6.17. The summed E-state index contributed by atoms with van der Waals surface area (Å²) < 4.78 is 3.17. The van der Waals surface area contributed by atoms with Gasteiger partial charge in [0.1, 0.15) is 0 Å². The molecule has 29 heavy (non-hydrogen) atoms. The van der Waals surface area contributed by atoms with Gasteiger partial charge in [-0.05, 0) is 30.7 Å². The third kappa shape index (κ3) is 3.02. The molecule has 1 N–H and O–H groups in total. The van der Waals surface area contributed by atoms with E-state index in [2.05, 4.69) is 5.32 Å². The van der Waals surface area contributed by atoms with Crippen LogP contribution in [0.2, 0.25) is 5.02 Å². The highest BCUT2D eigenvalue weighted by atomic mass is 35.5. The molecule has 0 unspecified atom stereocenters. The second kappa shape index (κ2) is 7.22. The summed E-state index contributed by atoms with van der Waals surface area (Å²) in [4.78, 5) is 37.8. The maximum atomic E-state index is 13.2. The van der Waals surface area contributed by atoms with Gasteiger partial charge in [0.05, 0.1) is 22.5 Å². The van der Waals surface area contributed by atoms with Gasteiger partial charge in [-0.15, -0.1) is 0 Å². The molecular formula is C22H18ClN3O3. The van der Waals surface area contributed by atoms with E-state index in [0.29, 0.717) is 16.4 Å². The molecule has 3 aromatic carbocycles. The van der Waals surface area contributed by atoms with E-state index in [4.69, 9.17) is 11.6 Å². The topological polar surface area (TPSA) is 73.1 Å². The first-order chi connectivity index (χ1) is 13.9. The Bertz CT molecular complexity index is 1340. The normalized spacial score (nSPS) is 11.1. The first-order valence-corrected chi connectivity index (χ1v) is 9.44. The molecule has 0 saturated heterocycles. The van der Waals surface area contributed by atoms with E-state index in [9.17, 15) is 14.4 Å². The van der Waals surface area contributed by atoms with E-state index >= 15 is 0 Å². The van der Waals surface area contributed by atoms with Crippen LogP contribution >= 0.6 is 11.6 Å². The fraction of sp³-hybridized carbons (Fsp3) is 0.136. The quantitative estimate of drug-likeness (QED) is 0.516. The Labute approximate surface area is 171 Å². The molecule has 6 nitrogen and oxygen atoms in total. The van der Waals surface area contributed by atoms with Gasteiger partial charge in [0.2, 0.25) is 10.9 Å². The number of nitrogens with one attached hydrogen (secondary N) is 1. The molecule has 4 rings (SSSR count). The standard InChI is InChI=1S/C22H18ClN3O3/c1-13-17(22(29)26(25(13)2)15-9-4-3-5-10-15)18-19(21(28)20(18)27)24-12-14-8-6-7-11-16(14)23/h3-11,24H,12H2,1-2H3. The van der Waals surface area contributed by atoms with Crippen molar-refractivity contribution >= 4 is 17.3 Å². The molecular weight excluding hydrogens is 390 g/mol. The molecule has 0 fully saturated rings. The van der Waals surface area contributed by atoms with Crippen molar-refractivity contribution in [3.8, 4) is 16.8 Å². The first-order valence-electron chi connectivity index (χ1n) is 9.06. The number of para-hydroxylation sites is 1. The molecule has 0 radical (unpaired) electrons. The second-order valence-electron chi connectivity index (χ2n) is 6.79. The van der Waals surface area contributed by atoms with E-state index in [1.807, 2.05) is 48.5 Å². The summed E-state index contributed by atoms with van der Waals surface area (Å²) in [5.41, 5.74) is 0.978. The zero-order chi connectivity index (χ0) is 20.7. The Morgan fingerprint density at radius 2 is 1.55 bits per heavy atom. The largest absolute Gasteiger partial charge is 0.377 e. The van der Waals surface area contributed by atoms with Crippen molar-refractivity contribution in [2.75, 3.05) is 5.32 Å². The van der Waals surface area contributed by atoms with Crippen LogP contribution in [0.15, 0.2) is 69.0 Å². The predicted octanol–water partition coefficient (Wildman–Crippen LogP) is 3.01. The minimum Gasteiger partial charge on any atom is -0.377 e. The minimum absolute atomic E-state index is 0.134. The zero-order valence-electron chi connectivity index (χ0n) is 15.9. The van der Waals surface area contributed by atoms with Gasteiger partial charge < -0.3 is 5.32 Å². The molecule has 0 aliphatic heterocycles. The van der Waals surface area contributed by atoms with E-state index in [0.717, 1.165) is 5.56 Å². The van der Waals surface area contributed by atoms with Crippen LogP contribution in [-0.4, -0.2) is 9.36 Å². The number of halogens is 1. The molecule has 0 spiro atoms. The van der Waals surface area contributed by atoms with E-state index in [-0.39, 0.29) is 28.9 Å². The Morgan fingerprint density at radius 1 is 0.897 bits per heavy atom. The lowest BCUT2D eigenvalue weighted by Gasteiger charge is -2.13. The molecule has 7 heteroatoms. The summed E-state index contributed by atoms with van der Waals surface area (Å²) in [5.74, 6) is 0. The van der Waals surface area contributed by atoms with Gasteiger partial charge in [0, 0.05) is 24.3 Å². The third-order valence-electron chi connectivity index (χ3n) is 5.13. The Morgan fingerprint density at radius 3 is 2.24 bits per heavy atom. The Hall–Kier alpha value is -3.38. The van der Waals surface area contributed by atoms with Gasteiger partial charge in [0.15, 0.2) is 0 Å². The summed E-state index contributed by atoms with van der Waals surface area (Å²) in [6, 6.07) is 16.4. The van der Waals surface area contributed by atoms with Crippen LogP contribution < -0.4 is 21.7 Å². The predicted molar refractivity (Wildman–Crippen MR) is 115 cm³/mol. The summed E-state index contributed by atoms with van der Waals surface area (Å²) in [6.07, 6.45) is 0. The number of rotatable bonds is 5. The maximum absolute atomic E-state index is 13.2. The van der Waals surface area contributed by atoms with Crippen molar-refractivity contribution in [2.45, 2.75) is 13.5 Å². The van der Waals surface area contributed by atoms with Gasteiger partial charge in [-0.3, -0.25) is 19.1 Å². The summed E-state index contributed by atoms with van der Waals surface area (Å²) in [5, 5.41) is 3.55. The lowest BCUT2D eigenvalue weighted by Crippen LogP contribution is -2.37. The van der Waals surface area contributed by atoms with Crippen molar-refractivity contribution in [1.82, 2.24) is 9.36 Å². The molecule has 4 aromatic rings. The van der Waals surface area contributed by atoms with Crippen LogP contribution in [0.4, 0.5) is 5.69 Å². The molecule has 1 heterocycles. The van der Waals surface area contributed by atoms with E-state index in [1.54, 1.807) is 24.7 Å². The average molecular weight is 408 g/mol. The Balaban J connectivity index is 1.79. The molecule has 0 aliphatic carbocycles. The average Bonchev–Trinajstić information content (AvgIpc) is 2.95. The highest BCUT2D eigenvalue weighted by Crippen LogP contribution is 2.26. The third-order valence-corrected chi connectivity index (χ3v) is 5.50. The number of aromatic nitrogens is 2. The molecule has 0 bridgehead atoms. The van der Waals surface area contributed by atoms with Crippen molar-refractivity contribution < 1.29 is 0 Å².